The van der Waals surface area contributed by atoms with E-state index in [4.69, 9.17) is 0 Å². The molecule has 0 bridgehead atoms. The number of aliphatic hydroxyl groups is 1. The van der Waals surface area contributed by atoms with Gasteiger partial charge in [0.1, 0.15) is 0 Å². The van der Waals surface area contributed by atoms with Crippen LogP contribution in [0.25, 0.3) is 11.1 Å². The Morgan fingerprint density at radius 1 is 0.756 bits per heavy atom. The monoisotopic (exact) mass is 550 g/mol. The summed E-state index contributed by atoms with van der Waals surface area (Å²) >= 11 is 0. The van der Waals surface area contributed by atoms with Gasteiger partial charge in [-0.15, -0.1) is 0 Å². The number of hydrogen-bond acceptors (Lipinski definition) is 4. The van der Waals surface area contributed by atoms with E-state index in [1.807, 2.05) is 61.5 Å². The molecule has 4 aromatic carbocycles. The molecule has 4 aromatic rings. The highest BCUT2D eigenvalue weighted by Gasteiger charge is 2.23. The Balaban J connectivity index is 1.63. The van der Waals surface area contributed by atoms with Gasteiger partial charge in [-0.2, -0.15) is 0 Å². The van der Waals surface area contributed by atoms with E-state index in [1.54, 1.807) is 53.4 Å². The summed E-state index contributed by atoms with van der Waals surface area (Å²) in [6.45, 7) is 2.15. The average Bonchev–Trinajstić information content (AvgIpc) is 3.00. The summed E-state index contributed by atoms with van der Waals surface area (Å²) in [6.07, 6.45) is 0.400. The molecule has 0 spiro atoms. The summed E-state index contributed by atoms with van der Waals surface area (Å²) < 4.78 is 0. The predicted octanol–water partition coefficient (Wildman–Crippen LogP) is 5.29. The number of hydrogen-bond donors (Lipinski definition) is 3. The molecule has 41 heavy (non-hydrogen) atoms. The van der Waals surface area contributed by atoms with Crippen LogP contribution in [0.1, 0.15) is 49.9 Å². The molecule has 0 unspecified atom stereocenters. The van der Waals surface area contributed by atoms with Crippen LogP contribution in [-0.2, 0) is 11.2 Å². The molecule has 0 heterocycles. The molecule has 7 heteroatoms. The summed E-state index contributed by atoms with van der Waals surface area (Å²) in [5, 5.41) is 22.2. The van der Waals surface area contributed by atoms with E-state index < -0.39 is 12.0 Å². The van der Waals surface area contributed by atoms with E-state index in [2.05, 4.69) is 5.32 Å². The normalized spacial score (nSPS) is 11.5. The number of rotatable bonds is 12. The standard InChI is InChI=1S/C34H34N2O5/c1-24-15-17-25(18-16-24)19-21-36(22-20-32(38)39)34(41)30-14-8-6-12-28(30)27-11-5-7-13-29(27)33(40)35-31(23-37)26-9-3-2-4-10-26/h2-18,31,37H,19-23H2,1H3,(H,35,40)(H,38,39)/t31-/m0/s1. The van der Waals surface area contributed by atoms with Crippen LogP contribution < -0.4 is 5.32 Å². The van der Waals surface area contributed by atoms with Crippen LogP contribution in [0.4, 0.5) is 0 Å². The summed E-state index contributed by atoms with van der Waals surface area (Å²) in [5.74, 6) is -1.67. The fourth-order valence-corrected chi connectivity index (χ4v) is 4.71. The van der Waals surface area contributed by atoms with Gasteiger partial charge in [0.05, 0.1) is 19.1 Å². The highest BCUT2D eigenvalue weighted by molar-refractivity contribution is 6.06. The molecule has 0 radical (unpaired) electrons. The van der Waals surface area contributed by atoms with E-state index in [0.29, 0.717) is 35.2 Å². The van der Waals surface area contributed by atoms with Gasteiger partial charge in [0.25, 0.3) is 11.8 Å². The van der Waals surface area contributed by atoms with Crippen LogP contribution in [0.2, 0.25) is 0 Å². The van der Waals surface area contributed by atoms with Crippen LogP contribution in [0, 0.1) is 6.92 Å². The molecule has 2 amide bonds. The third-order valence-electron chi connectivity index (χ3n) is 6.98. The van der Waals surface area contributed by atoms with Crippen molar-refractivity contribution in [3.05, 3.63) is 131 Å². The van der Waals surface area contributed by atoms with Gasteiger partial charge in [0, 0.05) is 24.2 Å². The Labute approximate surface area is 240 Å². The molecule has 7 nitrogen and oxygen atoms in total. The third-order valence-corrected chi connectivity index (χ3v) is 6.98. The molecule has 0 saturated carbocycles. The lowest BCUT2D eigenvalue weighted by atomic mass is 9.94. The zero-order chi connectivity index (χ0) is 29.2. The smallest absolute Gasteiger partial charge is 0.305 e. The number of aliphatic carboxylic acids is 1. The minimum absolute atomic E-state index is 0.0613. The lowest BCUT2D eigenvalue weighted by Gasteiger charge is -2.24. The molecule has 0 aliphatic rings. The van der Waals surface area contributed by atoms with Gasteiger partial charge in [-0.1, -0.05) is 96.6 Å². The van der Waals surface area contributed by atoms with Crippen molar-refractivity contribution in [2.45, 2.75) is 25.8 Å². The number of benzene rings is 4. The quantitative estimate of drug-likeness (QED) is 0.222. The van der Waals surface area contributed by atoms with Crippen molar-refractivity contribution >= 4 is 17.8 Å². The van der Waals surface area contributed by atoms with E-state index >= 15 is 0 Å². The maximum atomic E-state index is 13.9. The van der Waals surface area contributed by atoms with Gasteiger partial charge >= 0.3 is 5.97 Å². The second kappa shape index (κ2) is 14.1. The van der Waals surface area contributed by atoms with Crippen molar-refractivity contribution in [1.82, 2.24) is 10.2 Å². The van der Waals surface area contributed by atoms with Gasteiger partial charge in [-0.05, 0) is 47.7 Å². The molecule has 0 fully saturated rings. The van der Waals surface area contributed by atoms with E-state index in [-0.39, 0.29) is 31.4 Å². The Morgan fingerprint density at radius 2 is 1.34 bits per heavy atom. The molecule has 1 atom stereocenters. The van der Waals surface area contributed by atoms with Gasteiger partial charge in [0.2, 0.25) is 0 Å². The predicted molar refractivity (Wildman–Crippen MR) is 159 cm³/mol. The Bertz CT molecular complexity index is 1480. The SMILES string of the molecule is Cc1ccc(CCN(CCC(=O)O)C(=O)c2ccccc2-c2ccccc2C(=O)N[C@@H](CO)c2ccccc2)cc1. The van der Waals surface area contributed by atoms with E-state index in [0.717, 1.165) is 16.7 Å². The minimum Gasteiger partial charge on any atom is -0.481 e. The highest BCUT2D eigenvalue weighted by atomic mass is 16.4. The molecular weight excluding hydrogens is 516 g/mol. The van der Waals surface area contributed by atoms with E-state index in [1.165, 1.54) is 0 Å². The molecule has 0 aliphatic heterocycles. The average molecular weight is 551 g/mol. The van der Waals surface area contributed by atoms with Crippen molar-refractivity contribution in [3.63, 3.8) is 0 Å². The van der Waals surface area contributed by atoms with Crippen molar-refractivity contribution in [2.75, 3.05) is 19.7 Å². The maximum absolute atomic E-state index is 13.9. The second-order valence-electron chi connectivity index (χ2n) is 9.88. The third kappa shape index (κ3) is 7.68. The number of nitrogens with one attached hydrogen (secondary N) is 1. The summed E-state index contributed by atoms with van der Waals surface area (Å²) in [5.41, 5.74) is 4.84. The molecule has 3 N–H and O–H groups in total. The van der Waals surface area contributed by atoms with Crippen LogP contribution in [0.3, 0.4) is 0 Å². The number of carboxylic acid groups (broad SMARTS) is 1. The van der Waals surface area contributed by atoms with Crippen LogP contribution >= 0.6 is 0 Å². The molecule has 4 rings (SSSR count). The fourth-order valence-electron chi connectivity index (χ4n) is 4.71. The van der Waals surface area contributed by atoms with Crippen molar-refractivity contribution in [3.8, 4) is 11.1 Å². The summed E-state index contributed by atoms with van der Waals surface area (Å²) in [6, 6.07) is 30.7. The Kier molecular flexibility index (Phi) is 10.0. The van der Waals surface area contributed by atoms with Crippen LogP contribution in [-0.4, -0.2) is 52.6 Å². The largest absolute Gasteiger partial charge is 0.481 e. The number of amides is 2. The van der Waals surface area contributed by atoms with Gasteiger partial charge in [-0.25, -0.2) is 0 Å². The first kappa shape index (κ1) is 29.2. The highest BCUT2D eigenvalue weighted by Crippen LogP contribution is 2.29. The van der Waals surface area contributed by atoms with Crippen molar-refractivity contribution in [2.24, 2.45) is 0 Å². The lowest BCUT2D eigenvalue weighted by Crippen LogP contribution is -2.35. The number of aliphatic hydroxyl groups excluding tert-OH is 1. The number of nitrogens with zero attached hydrogens (tertiary/aromatic N) is 1. The molecule has 0 aromatic heterocycles. The second-order valence-corrected chi connectivity index (χ2v) is 9.88. The molecule has 210 valence electrons. The van der Waals surface area contributed by atoms with Gasteiger partial charge in [0.15, 0.2) is 0 Å². The first-order valence-electron chi connectivity index (χ1n) is 13.6. The van der Waals surface area contributed by atoms with Crippen molar-refractivity contribution in [1.29, 1.82) is 0 Å². The molecule has 0 aliphatic carbocycles. The van der Waals surface area contributed by atoms with Gasteiger partial charge < -0.3 is 20.4 Å². The van der Waals surface area contributed by atoms with Crippen LogP contribution in [0.15, 0.2) is 103 Å². The van der Waals surface area contributed by atoms with Crippen LogP contribution in [0.5, 0.6) is 0 Å². The number of carbonyl (C=O) groups excluding carboxylic acids is 2. The first-order valence-corrected chi connectivity index (χ1v) is 13.6. The van der Waals surface area contributed by atoms with Gasteiger partial charge in [-0.3, -0.25) is 14.4 Å². The van der Waals surface area contributed by atoms with E-state index in [9.17, 15) is 24.6 Å². The minimum atomic E-state index is -0.981. The number of carbonyl (C=O) groups is 3. The molecule has 0 saturated heterocycles. The lowest BCUT2D eigenvalue weighted by molar-refractivity contribution is -0.137. The summed E-state index contributed by atoms with van der Waals surface area (Å²) in [7, 11) is 0. The first-order chi connectivity index (χ1) is 19.9. The zero-order valence-corrected chi connectivity index (χ0v) is 23.0. The molecular formula is C34H34N2O5. The fraction of sp³-hybridized carbons (Fsp3) is 0.206. The Morgan fingerprint density at radius 3 is 1.98 bits per heavy atom. The van der Waals surface area contributed by atoms with Crippen molar-refractivity contribution < 1.29 is 24.6 Å². The topological polar surface area (TPSA) is 107 Å². The number of aryl methyl sites for hydroxylation is 1. The summed E-state index contributed by atoms with van der Waals surface area (Å²) in [4.78, 5) is 40.4. The zero-order valence-electron chi connectivity index (χ0n) is 23.0. The number of carboxylic acids is 1. The maximum Gasteiger partial charge on any atom is 0.305 e. The Hall–Kier alpha value is -4.75.